The molecule has 0 aliphatic carbocycles. The number of benzene rings is 1. The van der Waals surface area contributed by atoms with Crippen molar-refractivity contribution in [1.82, 2.24) is 14.4 Å². The Morgan fingerprint density at radius 3 is 2.28 bits per heavy atom. The van der Waals surface area contributed by atoms with Crippen LogP contribution in [0.15, 0.2) is 29.2 Å². The number of carbonyl (C=O) groups excluding carboxylic acids is 3. The van der Waals surface area contributed by atoms with Crippen molar-refractivity contribution >= 4 is 34.9 Å². The fourth-order valence-corrected chi connectivity index (χ4v) is 5.40. The number of nitrogens with zero attached hydrogens (tertiary/aromatic N) is 3. The van der Waals surface area contributed by atoms with Crippen molar-refractivity contribution in [1.29, 1.82) is 0 Å². The topological polar surface area (TPSA) is 62.6 Å². The SMILES string of the molecule is Cc1cc(C)cc(-n2c(C)cc(C=C3SC(=O)N(CC(=O)N4CCCCC4)C3=O)c2C)c1. The van der Waals surface area contributed by atoms with E-state index in [0.717, 1.165) is 58.6 Å². The summed E-state index contributed by atoms with van der Waals surface area (Å²) in [6.07, 6.45) is 4.85. The lowest BCUT2D eigenvalue weighted by atomic mass is 10.1. The van der Waals surface area contributed by atoms with Gasteiger partial charge in [0.2, 0.25) is 5.91 Å². The van der Waals surface area contributed by atoms with E-state index in [1.165, 1.54) is 11.1 Å². The molecule has 1 aromatic heterocycles. The first-order valence-electron chi connectivity index (χ1n) is 11.1. The standard InChI is InChI=1S/C25H29N3O3S/c1-16-10-17(2)12-21(11-16)28-18(3)13-20(19(28)4)14-22-24(30)27(25(31)32-22)15-23(29)26-8-6-5-7-9-26/h10-14H,5-9,15H2,1-4H3. The number of hydrogen-bond donors (Lipinski definition) is 0. The van der Waals surface area contributed by atoms with Gasteiger partial charge in [-0.25, -0.2) is 0 Å². The molecule has 4 rings (SSSR count). The van der Waals surface area contributed by atoms with Gasteiger partial charge >= 0.3 is 0 Å². The maximum absolute atomic E-state index is 12.9. The lowest BCUT2D eigenvalue weighted by Crippen LogP contribution is -2.44. The molecule has 0 N–H and O–H groups in total. The largest absolute Gasteiger partial charge is 0.341 e. The number of aryl methyl sites for hydroxylation is 3. The number of imide groups is 1. The number of hydrogen-bond acceptors (Lipinski definition) is 4. The molecule has 3 amide bonds. The van der Waals surface area contributed by atoms with E-state index < -0.39 is 0 Å². The minimum atomic E-state index is -0.387. The van der Waals surface area contributed by atoms with Crippen molar-refractivity contribution in [3.63, 3.8) is 0 Å². The number of piperidine rings is 1. The zero-order chi connectivity index (χ0) is 23.0. The van der Waals surface area contributed by atoms with Crippen LogP contribution in [0.4, 0.5) is 4.79 Å². The molecule has 2 saturated heterocycles. The van der Waals surface area contributed by atoms with E-state index >= 15 is 0 Å². The summed E-state index contributed by atoms with van der Waals surface area (Å²) in [7, 11) is 0. The number of likely N-dealkylation sites (tertiary alicyclic amines) is 1. The van der Waals surface area contributed by atoms with E-state index in [0.29, 0.717) is 18.0 Å². The molecule has 1 aromatic carbocycles. The minimum Gasteiger partial charge on any atom is -0.341 e. The first kappa shape index (κ1) is 22.4. The van der Waals surface area contributed by atoms with Gasteiger partial charge in [0.1, 0.15) is 6.54 Å². The Hall–Kier alpha value is -2.80. The van der Waals surface area contributed by atoms with Gasteiger partial charge in [-0.3, -0.25) is 19.3 Å². The molecular formula is C25H29N3O3S. The van der Waals surface area contributed by atoms with Crippen molar-refractivity contribution < 1.29 is 14.4 Å². The molecule has 168 valence electrons. The molecule has 0 spiro atoms. The van der Waals surface area contributed by atoms with Gasteiger partial charge in [0.05, 0.1) is 4.91 Å². The van der Waals surface area contributed by atoms with Crippen LogP contribution < -0.4 is 0 Å². The third kappa shape index (κ3) is 4.39. The molecule has 0 bridgehead atoms. The highest BCUT2D eigenvalue weighted by molar-refractivity contribution is 8.18. The fourth-order valence-electron chi connectivity index (χ4n) is 4.57. The second kappa shape index (κ2) is 8.98. The van der Waals surface area contributed by atoms with Crippen LogP contribution in [0, 0.1) is 27.7 Å². The molecule has 2 aliphatic heterocycles. The summed E-state index contributed by atoms with van der Waals surface area (Å²) in [6.45, 7) is 9.43. The van der Waals surface area contributed by atoms with E-state index in [1.54, 1.807) is 11.0 Å². The maximum atomic E-state index is 12.9. The van der Waals surface area contributed by atoms with Crippen molar-refractivity contribution in [3.05, 3.63) is 57.2 Å². The smallest absolute Gasteiger partial charge is 0.294 e. The van der Waals surface area contributed by atoms with E-state index in [9.17, 15) is 14.4 Å². The summed E-state index contributed by atoms with van der Waals surface area (Å²) in [5.41, 5.74) is 6.41. The Balaban J connectivity index is 1.57. The number of rotatable bonds is 4. The lowest BCUT2D eigenvalue weighted by Gasteiger charge is -2.27. The van der Waals surface area contributed by atoms with Gasteiger partial charge < -0.3 is 9.47 Å². The lowest BCUT2D eigenvalue weighted by molar-refractivity contribution is -0.136. The molecule has 2 aliphatic rings. The van der Waals surface area contributed by atoms with Crippen LogP contribution in [-0.2, 0) is 9.59 Å². The van der Waals surface area contributed by atoms with Gasteiger partial charge in [-0.1, -0.05) is 6.07 Å². The summed E-state index contributed by atoms with van der Waals surface area (Å²) in [4.78, 5) is 41.2. The monoisotopic (exact) mass is 451 g/mol. The van der Waals surface area contributed by atoms with E-state index in [4.69, 9.17) is 0 Å². The van der Waals surface area contributed by atoms with Crippen molar-refractivity contribution in [3.8, 4) is 5.69 Å². The average molecular weight is 452 g/mol. The second-order valence-electron chi connectivity index (χ2n) is 8.72. The van der Waals surface area contributed by atoms with Crippen LogP contribution >= 0.6 is 11.8 Å². The quantitative estimate of drug-likeness (QED) is 0.629. The van der Waals surface area contributed by atoms with Crippen LogP contribution in [0.25, 0.3) is 11.8 Å². The molecule has 3 heterocycles. The fraction of sp³-hybridized carbons (Fsp3) is 0.400. The molecule has 32 heavy (non-hydrogen) atoms. The summed E-state index contributed by atoms with van der Waals surface area (Å²) < 4.78 is 2.16. The van der Waals surface area contributed by atoms with E-state index in [1.807, 2.05) is 19.9 Å². The first-order valence-corrected chi connectivity index (χ1v) is 11.9. The molecule has 0 saturated carbocycles. The molecule has 2 aromatic rings. The molecule has 2 fully saturated rings. The van der Waals surface area contributed by atoms with Gasteiger partial charge in [-0.15, -0.1) is 0 Å². The summed E-state index contributed by atoms with van der Waals surface area (Å²) in [5, 5.41) is -0.380. The number of thioether (sulfide) groups is 1. The summed E-state index contributed by atoms with van der Waals surface area (Å²) >= 11 is 0.908. The van der Waals surface area contributed by atoms with Crippen molar-refractivity contribution in [2.24, 2.45) is 0 Å². The number of amides is 3. The van der Waals surface area contributed by atoms with Crippen LogP contribution in [-0.4, -0.2) is 51.1 Å². The predicted octanol–water partition coefficient (Wildman–Crippen LogP) is 4.76. The van der Waals surface area contributed by atoms with Gasteiger partial charge in [0.15, 0.2) is 0 Å². The van der Waals surface area contributed by atoms with Gasteiger partial charge in [0, 0.05) is 30.2 Å². The van der Waals surface area contributed by atoms with Crippen LogP contribution in [0.1, 0.15) is 47.3 Å². The predicted molar refractivity (Wildman–Crippen MR) is 128 cm³/mol. The normalized spacial score (nSPS) is 18.2. The highest BCUT2D eigenvalue weighted by atomic mass is 32.2. The van der Waals surface area contributed by atoms with E-state index in [2.05, 4.69) is 36.6 Å². The van der Waals surface area contributed by atoms with Gasteiger partial charge in [-0.2, -0.15) is 0 Å². The minimum absolute atomic E-state index is 0.152. The Bertz CT molecular complexity index is 1110. The average Bonchev–Trinajstić information content (AvgIpc) is 3.17. The molecule has 0 radical (unpaired) electrons. The molecule has 0 atom stereocenters. The Morgan fingerprint density at radius 2 is 1.62 bits per heavy atom. The summed E-state index contributed by atoms with van der Waals surface area (Å²) in [6, 6.07) is 8.44. The van der Waals surface area contributed by atoms with Crippen LogP contribution in [0.2, 0.25) is 0 Å². The highest BCUT2D eigenvalue weighted by Gasteiger charge is 2.37. The molecular weight excluding hydrogens is 422 g/mol. The first-order chi connectivity index (χ1) is 15.2. The number of aromatic nitrogens is 1. The van der Waals surface area contributed by atoms with E-state index in [-0.39, 0.29) is 23.6 Å². The second-order valence-corrected chi connectivity index (χ2v) is 9.71. The molecule has 6 nitrogen and oxygen atoms in total. The maximum Gasteiger partial charge on any atom is 0.294 e. The summed E-state index contributed by atoms with van der Waals surface area (Å²) in [5.74, 6) is -0.539. The third-order valence-electron chi connectivity index (χ3n) is 6.10. The highest BCUT2D eigenvalue weighted by Crippen LogP contribution is 2.34. The Kier molecular flexibility index (Phi) is 6.29. The van der Waals surface area contributed by atoms with Gasteiger partial charge in [-0.05, 0) is 99.7 Å². The van der Waals surface area contributed by atoms with Crippen LogP contribution in [0.5, 0.6) is 0 Å². The molecule has 7 heteroatoms. The molecule has 0 unspecified atom stereocenters. The Labute approximate surface area is 193 Å². The Morgan fingerprint density at radius 1 is 0.969 bits per heavy atom. The van der Waals surface area contributed by atoms with Crippen molar-refractivity contribution in [2.45, 2.75) is 47.0 Å². The van der Waals surface area contributed by atoms with Gasteiger partial charge in [0.25, 0.3) is 11.1 Å². The zero-order valence-corrected chi connectivity index (χ0v) is 19.9. The van der Waals surface area contributed by atoms with Crippen LogP contribution in [0.3, 0.4) is 0 Å². The third-order valence-corrected chi connectivity index (χ3v) is 7.00. The number of carbonyl (C=O) groups is 3. The van der Waals surface area contributed by atoms with Crippen molar-refractivity contribution in [2.75, 3.05) is 19.6 Å². The zero-order valence-electron chi connectivity index (χ0n) is 19.1.